The number of nitrogens with zero attached hydrogens (tertiary/aromatic N) is 8. The molecule has 3 amide bonds. The largest absolute Gasteiger partial charge is 0.508 e. The van der Waals surface area contributed by atoms with Crippen LogP contribution in [-0.2, 0) is 22.7 Å². The smallest absolute Gasteiger partial charge is 0.255 e. The Kier molecular flexibility index (Phi) is 12.6. The maximum atomic E-state index is 13.5. The minimum Gasteiger partial charge on any atom is -0.508 e. The molecule has 2 unspecified atom stereocenters. The molecule has 0 aliphatic carbocycles. The van der Waals surface area contributed by atoms with Crippen LogP contribution < -0.4 is 16.0 Å². The van der Waals surface area contributed by atoms with Crippen LogP contribution in [0.1, 0.15) is 99.3 Å². The SMILES string of the molecule is Cc1c(C#Cc2cnn(CCCN3CCC(Nc4cccc5c4CN(C4CCC(O)NC4=O)C5=O)CC3)c2)sc2c1C(c1ccc(Cl)cc1)=N[C@@H](CC(=O)Nc1ccc(O)cc1)c1nnc(C)n1-2. The molecule has 0 saturated carbocycles. The maximum Gasteiger partial charge on any atom is 0.255 e. The summed E-state index contributed by atoms with van der Waals surface area (Å²) in [5.41, 5.74) is 7.29. The van der Waals surface area contributed by atoms with E-state index in [2.05, 4.69) is 48.0 Å². The van der Waals surface area contributed by atoms with Gasteiger partial charge in [0.05, 0.1) is 28.8 Å². The summed E-state index contributed by atoms with van der Waals surface area (Å²) in [5, 5.41) is 43.8. The van der Waals surface area contributed by atoms with Crippen LogP contribution in [-0.4, -0.2) is 106 Å². The van der Waals surface area contributed by atoms with Crippen LogP contribution >= 0.6 is 22.9 Å². The van der Waals surface area contributed by atoms with Crippen molar-refractivity contribution in [3.8, 4) is 22.6 Å². The highest BCUT2D eigenvalue weighted by atomic mass is 35.5. The molecule has 2 fully saturated rings. The highest BCUT2D eigenvalue weighted by molar-refractivity contribution is 7.15. The quantitative estimate of drug-likeness (QED) is 0.0723. The molecule has 3 atom stereocenters. The van der Waals surface area contributed by atoms with Crippen LogP contribution in [0.5, 0.6) is 5.75 Å². The number of nitrogens with one attached hydrogen (secondary N) is 3. The van der Waals surface area contributed by atoms with Crippen molar-refractivity contribution in [1.29, 1.82) is 0 Å². The van der Waals surface area contributed by atoms with Crippen molar-refractivity contribution >= 4 is 57.7 Å². The number of aliphatic hydroxyl groups is 1. The molecule has 5 N–H and O–H groups in total. The number of anilines is 2. The van der Waals surface area contributed by atoms with Crippen molar-refractivity contribution in [3.05, 3.63) is 134 Å². The molecular formula is C50H50ClN11O5S. The van der Waals surface area contributed by atoms with Gasteiger partial charge in [-0.15, -0.1) is 21.5 Å². The van der Waals surface area contributed by atoms with Crippen molar-refractivity contribution in [2.24, 2.45) is 4.99 Å². The number of hydrogen-bond acceptors (Lipinski definition) is 12. The normalized spacial score (nSPS) is 19.3. The molecule has 2 saturated heterocycles. The number of phenols is 1. The van der Waals surface area contributed by atoms with E-state index in [1.165, 1.54) is 23.5 Å². The fourth-order valence-corrected chi connectivity index (χ4v) is 10.9. The maximum absolute atomic E-state index is 13.5. The number of carbonyl (C=O) groups excluding carboxylic acids is 3. The van der Waals surface area contributed by atoms with E-state index in [4.69, 9.17) is 16.6 Å². The number of aliphatic hydroxyl groups excluding tert-OH is 1. The summed E-state index contributed by atoms with van der Waals surface area (Å²) in [6.45, 7) is 7.93. The first-order chi connectivity index (χ1) is 32.9. The molecule has 4 aliphatic heterocycles. The topological polar surface area (TPSA) is 195 Å². The molecule has 4 aliphatic rings. The second kappa shape index (κ2) is 19.0. The average Bonchev–Trinajstić information content (AvgIpc) is 4.09. The predicted molar refractivity (Wildman–Crippen MR) is 259 cm³/mol. The second-order valence-corrected chi connectivity index (χ2v) is 19.2. The summed E-state index contributed by atoms with van der Waals surface area (Å²) < 4.78 is 3.94. The summed E-state index contributed by atoms with van der Waals surface area (Å²) in [7, 11) is 0. The van der Waals surface area contributed by atoms with E-state index in [0.717, 1.165) is 88.8 Å². The Morgan fingerprint density at radius 3 is 2.54 bits per heavy atom. The first-order valence-electron chi connectivity index (χ1n) is 22.9. The monoisotopic (exact) mass is 951 g/mol. The van der Waals surface area contributed by atoms with E-state index in [1.54, 1.807) is 23.2 Å². The van der Waals surface area contributed by atoms with Gasteiger partial charge in [0, 0.05) is 77.1 Å². The second-order valence-electron chi connectivity index (χ2n) is 17.7. The zero-order valence-electron chi connectivity index (χ0n) is 37.6. The predicted octanol–water partition coefficient (Wildman–Crippen LogP) is 6.34. The Balaban J connectivity index is 0.776. The van der Waals surface area contributed by atoms with Crippen molar-refractivity contribution in [2.75, 3.05) is 30.3 Å². The summed E-state index contributed by atoms with van der Waals surface area (Å²) >= 11 is 7.87. The Morgan fingerprint density at radius 2 is 1.76 bits per heavy atom. The lowest BCUT2D eigenvalue weighted by Crippen LogP contribution is -2.54. The first-order valence-corrected chi connectivity index (χ1v) is 24.1. The highest BCUT2D eigenvalue weighted by Crippen LogP contribution is 2.40. The number of halogens is 1. The zero-order chi connectivity index (χ0) is 47.1. The van der Waals surface area contributed by atoms with Crippen molar-refractivity contribution < 1.29 is 24.6 Å². The van der Waals surface area contributed by atoms with Crippen LogP contribution in [0.4, 0.5) is 11.4 Å². The number of phenolic OH excluding ortho intramolecular Hbond substituents is 1. The summed E-state index contributed by atoms with van der Waals surface area (Å²) in [4.78, 5) is 49.7. The number of aryl methyl sites for hydroxylation is 2. The number of rotatable bonds is 11. The number of thiophene rings is 1. The number of amides is 3. The third-order valence-corrected chi connectivity index (χ3v) is 14.6. The van der Waals surface area contributed by atoms with Crippen LogP contribution in [0.2, 0.25) is 5.02 Å². The van der Waals surface area contributed by atoms with E-state index >= 15 is 0 Å². The molecule has 3 aromatic carbocycles. The van der Waals surface area contributed by atoms with Gasteiger partial charge in [0.25, 0.3) is 5.91 Å². The minimum absolute atomic E-state index is 0.0105. The molecule has 10 rings (SSSR count). The van der Waals surface area contributed by atoms with Gasteiger partial charge in [-0.1, -0.05) is 41.6 Å². The molecule has 16 nitrogen and oxygen atoms in total. The molecular weight excluding hydrogens is 902 g/mol. The van der Waals surface area contributed by atoms with E-state index < -0.39 is 18.3 Å². The summed E-state index contributed by atoms with van der Waals surface area (Å²) in [6.07, 6.45) is 6.69. The number of aliphatic imine (C=N–C) groups is 1. The molecule has 7 heterocycles. The molecule has 0 bridgehead atoms. The van der Waals surface area contributed by atoms with E-state index in [1.807, 2.05) is 71.8 Å². The minimum atomic E-state index is -0.860. The Morgan fingerprint density at radius 1 is 0.971 bits per heavy atom. The van der Waals surface area contributed by atoms with Crippen molar-refractivity contribution in [2.45, 2.75) is 89.8 Å². The lowest BCUT2D eigenvalue weighted by atomic mass is 9.99. The fraction of sp³-hybridized carbons (Fsp3) is 0.340. The van der Waals surface area contributed by atoms with Gasteiger partial charge in [0.15, 0.2) is 5.82 Å². The van der Waals surface area contributed by atoms with Gasteiger partial charge in [-0.25, -0.2) is 0 Å². The third-order valence-electron chi connectivity index (χ3n) is 13.1. The number of piperidine rings is 2. The number of aromatic nitrogens is 5. The van der Waals surface area contributed by atoms with Crippen LogP contribution in [0.3, 0.4) is 0 Å². The number of carbonyl (C=O) groups is 3. The zero-order valence-corrected chi connectivity index (χ0v) is 39.1. The summed E-state index contributed by atoms with van der Waals surface area (Å²) in [6, 6.07) is 18.7. The fourth-order valence-electron chi connectivity index (χ4n) is 9.55. The number of fused-ring (bicyclic) bond motifs is 4. The van der Waals surface area contributed by atoms with Gasteiger partial charge >= 0.3 is 0 Å². The number of benzene rings is 3. The van der Waals surface area contributed by atoms with Gasteiger partial charge in [-0.2, -0.15) is 5.10 Å². The molecule has 68 heavy (non-hydrogen) atoms. The first kappa shape index (κ1) is 45.0. The van der Waals surface area contributed by atoms with Gasteiger partial charge < -0.3 is 36.0 Å². The van der Waals surface area contributed by atoms with Gasteiger partial charge in [-0.05, 0) is 107 Å². The number of likely N-dealkylation sites (tertiary alicyclic amines) is 1. The van der Waals surface area contributed by atoms with Gasteiger partial charge in [0.1, 0.15) is 34.9 Å². The van der Waals surface area contributed by atoms with Crippen LogP contribution in [0.15, 0.2) is 84.1 Å². The molecule has 18 heteroatoms. The summed E-state index contributed by atoms with van der Waals surface area (Å²) in [5.74, 6) is 7.41. The van der Waals surface area contributed by atoms with E-state index in [-0.39, 0.29) is 35.9 Å². The number of hydrogen-bond donors (Lipinski definition) is 5. The van der Waals surface area contributed by atoms with Crippen LogP contribution in [0.25, 0.3) is 5.00 Å². The molecule has 0 radical (unpaired) electrons. The van der Waals surface area contributed by atoms with E-state index in [0.29, 0.717) is 53.0 Å². The van der Waals surface area contributed by atoms with Crippen molar-refractivity contribution in [1.82, 2.24) is 39.7 Å². The van der Waals surface area contributed by atoms with Crippen LogP contribution in [0, 0.1) is 25.7 Å². The lowest BCUT2D eigenvalue weighted by molar-refractivity contribution is -0.132. The molecule has 348 valence electrons. The average molecular weight is 953 g/mol. The lowest BCUT2D eigenvalue weighted by Gasteiger charge is -2.33. The molecule has 0 spiro atoms. The Bertz CT molecular complexity index is 3000. The van der Waals surface area contributed by atoms with Gasteiger partial charge in [-0.3, -0.25) is 28.6 Å². The Hall–Kier alpha value is -6.84. The standard InChI is InChI=1S/C50H50ClN11O5S/c1-29-42(68-50-45(29)46(32-8-10-33(51)11-9-32)55-40(47-58-57-30(2)62(47)50)25-44(65)54-34-12-14-36(63)15-13-34)17-7-31-26-52-60(27-31)22-4-21-59-23-19-35(20-24-59)53-39-6-3-5-37-38(39)28-61(49(37)67)41-16-18-43(64)56-48(41)66/h3,5-6,8-15,26-27,35,40-41,43,53,63-64H,4,16,18-25,28H2,1-2H3,(H,54,65)(H,56,66)/t40-,41?,43?/m0/s1. The van der Waals surface area contributed by atoms with Gasteiger partial charge in [0.2, 0.25) is 11.8 Å². The number of aromatic hydroxyl groups is 1. The van der Waals surface area contributed by atoms with Crippen molar-refractivity contribution in [3.63, 3.8) is 0 Å². The van der Waals surface area contributed by atoms with E-state index in [9.17, 15) is 24.6 Å². The Labute approximate surface area is 402 Å². The molecule has 3 aromatic heterocycles. The highest BCUT2D eigenvalue weighted by Gasteiger charge is 2.40. The molecule has 6 aromatic rings. The third kappa shape index (κ3) is 9.24.